The number of nitrogens with zero attached hydrogens (tertiary/aromatic N) is 3. The van der Waals surface area contributed by atoms with E-state index in [2.05, 4.69) is 124 Å². The van der Waals surface area contributed by atoms with Crippen molar-refractivity contribution in [2.75, 3.05) is 16.6 Å². The zero-order valence-corrected chi connectivity index (χ0v) is 16.0. The molecule has 0 fully saturated rings. The summed E-state index contributed by atoms with van der Waals surface area (Å²) in [4.78, 5) is 0. The zero-order valence-electron chi connectivity index (χ0n) is 16.0. The van der Waals surface area contributed by atoms with Crippen LogP contribution in [0.25, 0.3) is 0 Å². The van der Waals surface area contributed by atoms with Crippen LogP contribution >= 0.6 is 0 Å². The lowest BCUT2D eigenvalue weighted by Gasteiger charge is -2.43. The third kappa shape index (κ3) is 2.48. The van der Waals surface area contributed by atoms with Crippen LogP contribution < -0.4 is 10.0 Å². The van der Waals surface area contributed by atoms with Crippen LogP contribution in [0.15, 0.2) is 109 Å². The van der Waals surface area contributed by atoms with E-state index in [0.717, 1.165) is 6.54 Å². The molecule has 0 aromatic heterocycles. The van der Waals surface area contributed by atoms with Crippen LogP contribution in [0.1, 0.15) is 17.0 Å². The molecule has 0 bridgehead atoms. The van der Waals surface area contributed by atoms with E-state index in [0.29, 0.717) is 5.92 Å². The Morgan fingerprint density at radius 2 is 1.07 bits per heavy atom. The molecule has 0 saturated heterocycles. The molecule has 0 amide bonds. The SMILES string of the molecule is c1ccc(C2CN3N(c4ccccc4)c4ccccc4N3c3ccccc32)cc1. The van der Waals surface area contributed by atoms with E-state index < -0.39 is 0 Å². The Hall–Kier alpha value is -3.56. The molecule has 1 atom stereocenters. The Labute approximate surface area is 171 Å². The summed E-state index contributed by atoms with van der Waals surface area (Å²) in [5.41, 5.74) is 7.58. The van der Waals surface area contributed by atoms with E-state index in [4.69, 9.17) is 0 Å². The maximum Gasteiger partial charge on any atom is 0.0851 e. The predicted octanol–water partition coefficient (Wildman–Crippen LogP) is 6.25. The van der Waals surface area contributed by atoms with Crippen molar-refractivity contribution in [1.82, 2.24) is 5.12 Å². The molecule has 2 aliphatic heterocycles. The summed E-state index contributed by atoms with van der Waals surface area (Å²) >= 11 is 0. The highest BCUT2D eigenvalue weighted by Crippen LogP contribution is 2.52. The molecule has 0 saturated carbocycles. The molecular formula is C26H21N3. The Bertz CT molecular complexity index is 1160. The highest BCUT2D eigenvalue weighted by atomic mass is 15.9. The molecule has 140 valence electrons. The van der Waals surface area contributed by atoms with Gasteiger partial charge in [-0.05, 0) is 41.5 Å². The van der Waals surface area contributed by atoms with Crippen molar-refractivity contribution in [2.24, 2.45) is 0 Å². The van der Waals surface area contributed by atoms with Crippen LogP contribution in [0.5, 0.6) is 0 Å². The van der Waals surface area contributed by atoms with Crippen LogP contribution in [0, 0.1) is 0 Å². The van der Waals surface area contributed by atoms with E-state index >= 15 is 0 Å². The van der Waals surface area contributed by atoms with E-state index in [1.54, 1.807) is 0 Å². The van der Waals surface area contributed by atoms with Gasteiger partial charge in [-0.3, -0.25) is 10.0 Å². The van der Waals surface area contributed by atoms with Crippen LogP contribution in [-0.4, -0.2) is 11.7 Å². The van der Waals surface area contributed by atoms with Crippen molar-refractivity contribution in [3.05, 3.63) is 120 Å². The second-order valence-corrected chi connectivity index (χ2v) is 7.52. The molecule has 4 aromatic rings. The highest BCUT2D eigenvalue weighted by Gasteiger charge is 2.42. The first-order valence-electron chi connectivity index (χ1n) is 10.1. The Kier molecular flexibility index (Phi) is 3.68. The van der Waals surface area contributed by atoms with E-state index in [1.165, 1.54) is 33.9 Å². The molecular weight excluding hydrogens is 354 g/mol. The minimum atomic E-state index is 0.309. The molecule has 29 heavy (non-hydrogen) atoms. The van der Waals surface area contributed by atoms with Crippen molar-refractivity contribution < 1.29 is 0 Å². The molecule has 0 aliphatic carbocycles. The molecule has 0 N–H and O–H groups in total. The lowest BCUT2D eigenvalue weighted by Crippen LogP contribution is -2.49. The predicted molar refractivity (Wildman–Crippen MR) is 119 cm³/mol. The smallest absolute Gasteiger partial charge is 0.0851 e. The largest absolute Gasteiger partial charge is 0.254 e. The third-order valence-electron chi connectivity index (χ3n) is 5.89. The fourth-order valence-electron chi connectivity index (χ4n) is 4.63. The van der Waals surface area contributed by atoms with Crippen LogP contribution in [-0.2, 0) is 0 Å². The molecule has 2 aliphatic rings. The third-order valence-corrected chi connectivity index (χ3v) is 5.89. The normalized spacial score (nSPS) is 17.6. The molecule has 3 nitrogen and oxygen atoms in total. The topological polar surface area (TPSA) is 9.72 Å². The fraction of sp³-hybridized carbons (Fsp3) is 0.0769. The summed E-state index contributed by atoms with van der Waals surface area (Å²) < 4.78 is 0. The number of rotatable bonds is 2. The lowest BCUT2D eigenvalue weighted by molar-refractivity contribution is 0.277. The van der Waals surface area contributed by atoms with Gasteiger partial charge in [0, 0.05) is 5.92 Å². The quantitative estimate of drug-likeness (QED) is 0.410. The minimum absolute atomic E-state index is 0.309. The van der Waals surface area contributed by atoms with Gasteiger partial charge in [0.2, 0.25) is 0 Å². The van der Waals surface area contributed by atoms with Gasteiger partial charge >= 0.3 is 0 Å². The van der Waals surface area contributed by atoms with Gasteiger partial charge in [-0.15, -0.1) is 5.12 Å². The number of fused-ring (bicyclic) bond motifs is 5. The molecule has 6 rings (SSSR count). The van der Waals surface area contributed by atoms with E-state index in [1.807, 2.05) is 0 Å². The van der Waals surface area contributed by atoms with Crippen molar-refractivity contribution in [2.45, 2.75) is 5.92 Å². The summed E-state index contributed by atoms with van der Waals surface area (Å²) in [6, 6.07) is 39.0. The number of hydrazine groups is 2. The van der Waals surface area contributed by atoms with Crippen LogP contribution in [0.2, 0.25) is 0 Å². The van der Waals surface area contributed by atoms with Gasteiger partial charge in [0.25, 0.3) is 0 Å². The van der Waals surface area contributed by atoms with Gasteiger partial charge in [0.05, 0.1) is 29.3 Å². The monoisotopic (exact) mass is 375 g/mol. The van der Waals surface area contributed by atoms with E-state index in [9.17, 15) is 0 Å². The van der Waals surface area contributed by atoms with Gasteiger partial charge in [0.1, 0.15) is 0 Å². The summed E-state index contributed by atoms with van der Waals surface area (Å²) in [5.74, 6) is 0.309. The van der Waals surface area contributed by atoms with Crippen LogP contribution in [0.3, 0.4) is 0 Å². The van der Waals surface area contributed by atoms with E-state index in [-0.39, 0.29) is 0 Å². The zero-order chi connectivity index (χ0) is 19.2. The Balaban J connectivity index is 1.57. The van der Waals surface area contributed by atoms with Crippen molar-refractivity contribution in [1.29, 1.82) is 0 Å². The molecule has 2 heterocycles. The number of anilines is 4. The molecule has 0 spiro atoms. The van der Waals surface area contributed by atoms with Crippen LogP contribution in [0.4, 0.5) is 22.7 Å². The summed E-state index contributed by atoms with van der Waals surface area (Å²) in [5, 5.41) is 7.11. The molecule has 3 heteroatoms. The lowest BCUT2D eigenvalue weighted by atomic mass is 9.88. The number of para-hydroxylation sites is 4. The maximum atomic E-state index is 2.39. The Morgan fingerprint density at radius 1 is 0.517 bits per heavy atom. The van der Waals surface area contributed by atoms with Gasteiger partial charge in [-0.2, -0.15) is 0 Å². The summed E-state index contributed by atoms with van der Waals surface area (Å²) in [7, 11) is 0. The standard InChI is InChI=1S/C26H21N3/c1-3-11-20(12-4-1)23-19-27-28(21-13-5-2-6-14-21)25-17-9-10-18-26(25)29(27)24-16-8-7-15-22(23)24/h1-18,23H,19H2. The first-order valence-corrected chi connectivity index (χ1v) is 10.1. The first kappa shape index (κ1) is 16.4. The van der Waals surface area contributed by atoms with Crippen molar-refractivity contribution >= 4 is 22.7 Å². The average molecular weight is 375 g/mol. The summed E-state index contributed by atoms with van der Waals surface area (Å²) in [6.07, 6.45) is 0. The number of hydrogen-bond donors (Lipinski definition) is 0. The summed E-state index contributed by atoms with van der Waals surface area (Å²) in [6.45, 7) is 0.880. The fourth-order valence-corrected chi connectivity index (χ4v) is 4.63. The second-order valence-electron chi connectivity index (χ2n) is 7.52. The molecule has 1 unspecified atom stereocenters. The van der Waals surface area contributed by atoms with Gasteiger partial charge in [0.15, 0.2) is 0 Å². The van der Waals surface area contributed by atoms with Gasteiger partial charge in [-0.25, -0.2) is 0 Å². The molecule has 0 radical (unpaired) electrons. The van der Waals surface area contributed by atoms with Crippen molar-refractivity contribution in [3.63, 3.8) is 0 Å². The average Bonchev–Trinajstić information content (AvgIpc) is 3.14. The molecule has 4 aromatic carbocycles. The number of benzene rings is 4. The van der Waals surface area contributed by atoms with Crippen molar-refractivity contribution in [3.8, 4) is 0 Å². The highest BCUT2D eigenvalue weighted by molar-refractivity contribution is 5.86. The Morgan fingerprint density at radius 3 is 1.79 bits per heavy atom. The van der Waals surface area contributed by atoms with Gasteiger partial charge in [-0.1, -0.05) is 78.9 Å². The maximum absolute atomic E-state index is 2.39. The number of hydrogen-bond acceptors (Lipinski definition) is 3. The second kappa shape index (κ2) is 6.50. The first-order chi connectivity index (χ1) is 14.4. The minimum Gasteiger partial charge on any atom is -0.254 e. The van der Waals surface area contributed by atoms with Gasteiger partial charge < -0.3 is 0 Å².